The molecule has 152 valence electrons. The first-order valence-electron chi connectivity index (χ1n) is 10.2. The molecular formula is C22H28O6. The number of aldehydes is 1. The molecule has 0 aromatic carbocycles. The Morgan fingerprint density at radius 1 is 1.21 bits per heavy atom. The largest absolute Gasteiger partial charge is 0.481 e. The van der Waals surface area contributed by atoms with E-state index in [9.17, 15) is 24.3 Å². The van der Waals surface area contributed by atoms with E-state index in [1.54, 1.807) is 13.0 Å². The van der Waals surface area contributed by atoms with Crippen molar-refractivity contribution in [3.8, 4) is 0 Å². The van der Waals surface area contributed by atoms with Crippen LogP contribution in [0.3, 0.4) is 0 Å². The Kier molecular flexibility index (Phi) is 4.15. The number of hydrogen-bond acceptors (Lipinski definition) is 5. The molecule has 0 aromatic rings. The fourth-order valence-corrected chi connectivity index (χ4v) is 7.37. The monoisotopic (exact) mass is 388 g/mol. The van der Waals surface area contributed by atoms with E-state index in [2.05, 4.69) is 6.92 Å². The lowest BCUT2D eigenvalue weighted by Gasteiger charge is -2.63. The van der Waals surface area contributed by atoms with Crippen LogP contribution in [-0.4, -0.2) is 35.2 Å². The normalized spacial score (nSPS) is 46.8. The number of ether oxygens (including phenoxy) is 1. The van der Waals surface area contributed by atoms with Gasteiger partial charge < -0.3 is 9.84 Å². The third-order valence-corrected chi connectivity index (χ3v) is 8.58. The second-order valence-corrected chi connectivity index (χ2v) is 9.72. The van der Waals surface area contributed by atoms with E-state index in [0.29, 0.717) is 18.4 Å². The smallest absolute Gasteiger partial charge is 0.309 e. The molecular weight excluding hydrogens is 360 g/mol. The van der Waals surface area contributed by atoms with Gasteiger partial charge in [0, 0.05) is 19.3 Å². The van der Waals surface area contributed by atoms with E-state index in [1.807, 2.05) is 0 Å². The molecule has 3 fully saturated rings. The van der Waals surface area contributed by atoms with Crippen molar-refractivity contribution in [2.75, 3.05) is 0 Å². The van der Waals surface area contributed by atoms with Gasteiger partial charge in [-0.05, 0) is 55.4 Å². The van der Waals surface area contributed by atoms with Crippen molar-refractivity contribution in [2.45, 2.75) is 65.4 Å². The Hall–Kier alpha value is -1.98. The Morgan fingerprint density at radius 2 is 1.93 bits per heavy atom. The third kappa shape index (κ3) is 2.20. The minimum atomic E-state index is -0.993. The molecule has 0 radical (unpaired) electrons. The molecule has 0 heterocycles. The average Bonchev–Trinajstić information content (AvgIpc) is 2.80. The zero-order valence-electron chi connectivity index (χ0n) is 16.7. The van der Waals surface area contributed by atoms with E-state index < -0.39 is 28.9 Å². The van der Waals surface area contributed by atoms with Crippen LogP contribution < -0.4 is 0 Å². The predicted octanol–water partition coefficient (Wildman–Crippen LogP) is 2.94. The Balaban J connectivity index is 1.87. The van der Waals surface area contributed by atoms with Gasteiger partial charge in [-0.2, -0.15) is 0 Å². The molecule has 7 atom stereocenters. The van der Waals surface area contributed by atoms with Crippen molar-refractivity contribution >= 4 is 24.0 Å². The van der Waals surface area contributed by atoms with Crippen LogP contribution >= 0.6 is 0 Å². The number of carbonyl (C=O) groups excluding carboxylic acids is 3. The molecule has 1 unspecified atom stereocenters. The first kappa shape index (κ1) is 19.3. The van der Waals surface area contributed by atoms with Gasteiger partial charge >= 0.3 is 11.9 Å². The number of aliphatic carboxylic acids is 1. The summed E-state index contributed by atoms with van der Waals surface area (Å²) in [5, 5.41) is 9.97. The van der Waals surface area contributed by atoms with Gasteiger partial charge in [0.05, 0.1) is 10.8 Å². The minimum absolute atomic E-state index is 0.0675. The van der Waals surface area contributed by atoms with Gasteiger partial charge in [0.25, 0.3) is 0 Å². The topological polar surface area (TPSA) is 97.7 Å². The number of esters is 1. The summed E-state index contributed by atoms with van der Waals surface area (Å²) in [4.78, 5) is 49.3. The van der Waals surface area contributed by atoms with Crippen LogP contribution in [0.25, 0.3) is 0 Å². The van der Waals surface area contributed by atoms with E-state index in [4.69, 9.17) is 4.74 Å². The van der Waals surface area contributed by atoms with Gasteiger partial charge in [0.15, 0.2) is 0 Å². The molecule has 28 heavy (non-hydrogen) atoms. The molecule has 1 N–H and O–H groups in total. The van der Waals surface area contributed by atoms with Gasteiger partial charge in [0.1, 0.15) is 18.2 Å². The summed E-state index contributed by atoms with van der Waals surface area (Å²) in [6.45, 7) is 5.23. The number of fused-ring (bicyclic) bond motifs is 3. The fraction of sp³-hybridized carbons (Fsp3) is 0.727. The fourth-order valence-electron chi connectivity index (χ4n) is 7.37. The van der Waals surface area contributed by atoms with E-state index in [-0.39, 0.29) is 35.4 Å². The number of carboxylic acids is 1. The van der Waals surface area contributed by atoms with Crippen LogP contribution in [0.2, 0.25) is 0 Å². The van der Waals surface area contributed by atoms with Crippen LogP contribution in [-0.2, 0) is 23.9 Å². The standard InChI is InChI=1S/C22H28O6/c1-12(24)28-18-14-5-6-15-20(2)7-4-8-21(3,19(26)27)16(20)9-17(25)22(15,18)10-13(14)11-23/h10-11,14-16,18H,4-9H2,1-3H3,(H,26,27)/t14?,15-,16-,18+,20-,21-,22+/m1/s1. The van der Waals surface area contributed by atoms with Crippen molar-refractivity contribution < 1.29 is 29.0 Å². The van der Waals surface area contributed by atoms with Gasteiger partial charge in [-0.1, -0.05) is 19.4 Å². The second-order valence-electron chi connectivity index (χ2n) is 9.72. The number of rotatable bonds is 3. The van der Waals surface area contributed by atoms with Crippen molar-refractivity contribution in [1.82, 2.24) is 0 Å². The number of carboxylic acid groups (broad SMARTS) is 1. The third-order valence-electron chi connectivity index (χ3n) is 8.58. The molecule has 0 aliphatic heterocycles. The highest BCUT2D eigenvalue weighted by molar-refractivity contribution is 5.94. The average molecular weight is 388 g/mol. The van der Waals surface area contributed by atoms with Crippen molar-refractivity contribution in [3.05, 3.63) is 11.6 Å². The highest BCUT2D eigenvalue weighted by Crippen LogP contribution is 2.70. The summed E-state index contributed by atoms with van der Waals surface area (Å²) in [6, 6.07) is 0. The molecule has 4 rings (SSSR count). The molecule has 6 heteroatoms. The number of ketones is 1. The van der Waals surface area contributed by atoms with Gasteiger partial charge in [-0.25, -0.2) is 0 Å². The maximum Gasteiger partial charge on any atom is 0.309 e. The molecule has 4 aliphatic rings. The molecule has 4 aliphatic carbocycles. The predicted molar refractivity (Wildman–Crippen MR) is 99.2 cm³/mol. The van der Waals surface area contributed by atoms with Gasteiger partial charge in [-0.3, -0.25) is 19.2 Å². The Bertz CT molecular complexity index is 799. The molecule has 3 saturated carbocycles. The van der Waals surface area contributed by atoms with E-state index in [1.165, 1.54) is 6.92 Å². The number of Topliss-reactive ketones (excluding diaryl/α,β-unsaturated/α-hetero) is 1. The summed E-state index contributed by atoms with van der Waals surface area (Å²) in [7, 11) is 0. The van der Waals surface area contributed by atoms with Crippen LogP contribution in [0.15, 0.2) is 11.6 Å². The SMILES string of the molecule is CC(=O)O[C@H]1C2CC[C@@H]3[C@@]4(C)CCC[C@@](C)(C(=O)O)[C@@H]4CC(=O)[C@]31C=C2C=O. The van der Waals surface area contributed by atoms with Crippen molar-refractivity contribution in [2.24, 2.45) is 34.0 Å². The summed E-state index contributed by atoms with van der Waals surface area (Å²) in [5.74, 6) is -1.97. The minimum Gasteiger partial charge on any atom is -0.481 e. The first-order valence-corrected chi connectivity index (χ1v) is 10.2. The summed E-state index contributed by atoms with van der Waals surface area (Å²) in [6.07, 6.45) is 5.72. The lowest BCUT2D eigenvalue weighted by Crippen LogP contribution is -2.65. The molecule has 6 nitrogen and oxygen atoms in total. The molecule has 0 saturated heterocycles. The maximum absolute atomic E-state index is 13.6. The molecule has 2 bridgehead atoms. The van der Waals surface area contributed by atoms with E-state index in [0.717, 1.165) is 25.5 Å². The molecule has 1 spiro atoms. The van der Waals surface area contributed by atoms with Gasteiger partial charge in [-0.15, -0.1) is 0 Å². The molecule has 0 amide bonds. The van der Waals surface area contributed by atoms with Crippen LogP contribution in [0.1, 0.15) is 59.3 Å². The lowest BCUT2D eigenvalue weighted by atomic mass is 9.40. The van der Waals surface area contributed by atoms with Crippen molar-refractivity contribution in [1.29, 1.82) is 0 Å². The van der Waals surface area contributed by atoms with E-state index >= 15 is 0 Å². The highest BCUT2D eigenvalue weighted by atomic mass is 16.5. The first-order chi connectivity index (χ1) is 13.1. The van der Waals surface area contributed by atoms with Crippen LogP contribution in [0.5, 0.6) is 0 Å². The van der Waals surface area contributed by atoms with Crippen LogP contribution in [0, 0.1) is 34.0 Å². The Labute approximate surface area is 164 Å². The van der Waals surface area contributed by atoms with Gasteiger partial charge in [0.2, 0.25) is 0 Å². The van der Waals surface area contributed by atoms with Crippen LogP contribution in [0.4, 0.5) is 0 Å². The second kappa shape index (κ2) is 6.01. The zero-order valence-corrected chi connectivity index (χ0v) is 16.7. The summed E-state index contributed by atoms with van der Waals surface area (Å²) in [5.41, 5.74) is -1.72. The molecule has 0 aromatic heterocycles. The summed E-state index contributed by atoms with van der Waals surface area (Å²) >= 11 is 0. The lowest BCUT2D eigenvalue weighted by molar-refractivity contribution is -0.199. The highest BCUT2D eigenvalue weighted by Gasteiger charge is 2.71. The quantitative estimate of drug-likeness (QED) is 0.590. The summed E-state index contributed by atoms with van der Waals surface area (Å²) < 4.78 is 5.68. The van der Waals surface area contributed by atoms with Crippen molar-refractivity contribution in [3.63, 3.8) is 0 Å². The zero-order chi connectivity index (χ0) is 20.5. The Morgan fingerprint density at radius 3 is 2.54 bits per heavy atom. The number of carbonyl (C=O) groups is 4. The maximum atomic E-state index is 13.6. The number of hydrogen-bond donors (Lipinski definition) is 1.